The van der Waals surface area contributed by atoms with E-state index in [1.807, 2.05) is 0 Å². The fourth-order valence-electron chi connectivity index (χ4n) is 2.07. The van der Waals surface area contributed by atoms with Gasteiger partial charge in [0.15, 0.2) is 0 Å². The molecule has 0 spiro atoms. The molecule has 2 atom stereocenters. The van der Waals surface area contributed by atoms with Gasteiger partial charge in [0.2, 0.25) is 0 Å². The minimum Gasteiger partial charge on any atom is -0.350 e. The van der Waals surface area contributed by atoms with Crippen LogP contribution in [-0.4, -0.2) is 19.1 Å². The van der Waals surface area contributed by atoms with E-state index in [0.29, 0.717) is 6.04 Å². The fourth-order valence-corrected chi connectivity index (χ4v) is 2.07. The molecule has 0 saturated carbocycles. The van der Waals surface area contributed by atoms with E-state index in [-0.39, 0.29) is 0 Å². The van der Waals surface area contributed by atoms with Gasteiger partial charge in [-0.1, -0.05) is 30.3 Å². The lowest BCUT2D eigenvalue weighted by Crippen LogP contribution is -3.09. The molecule has 2 unspecified atom stereocenters. The highest BCUT2D eigenvalue weighted by molar-refractivity contribution is 5.13. The standard InChI is InChI=1S/C11H16N2/c12-11-6-7-13(9-11)8-10-4-2-1-3-5-10/h1-5,11H,6-9,12H2/p+2. The van der Waals surface area contributed by atoms with Gasteiger partial charge in [0.25, 0.3) is 0 Å². The Morgan fingerprint density at radius 3 is 2.69 bits per heavy atom. The van der Waals surface area contributed by atoms with Crippen molar-refractivity contribution in [2.75, 3.05) is 13.1 Å². The molecular formula is C11H18N2+2. The summed E-state index contributed by atoms with van der Waals surface area (Å²) in [6.07, 6.45) is 1.29. The van der Waals surface area contributed by atoms with Crippen LogP contribution in [0.5, 0.6) is 0 Å². The predicted molar refractivity (Wildman–Crippen MR) is 52.1 cm³/mol. The monoisotopic (exact) mass is 178 g/mol. The highest BCUT2D eigenvalue weighted by Crippen LogP contribution is 1.96. The van der Waals surface area contributed by atoms with Crippen LogP contribution in [0.4, 0.5) is 0 Å². The third-order valence-electron chi connectivity index (χ3n) is 2.78. The Labute approximate surface area is 79.4 Å². The van der Waals surface area contributed by atoms with Crippen molar-refractivity contribution < 1.29 is 10.6 Å². The molecule has 2 rings (SSSR count). The van der Waals surface area contributed by atoms with Crippen molar-refractivity contribution in [3.8, 4) is 0 Å². The van der Waals surface area contributed by atoms with Crippen molar-refractivity contribution in [3.63, 3.8) is 0 Å². The largest absolute Gasteiger partial charge is 0.350 e. The average molecular weight is 178 g/mol. The Bertz CT molecular complexity index is 258. The summed E-state index contributed by atoms with van der Waals surface area (Å²) in [5.74, 6) is 0. The topological polar surface area (TPSA) is 32.1 Å². The van der Waals surface area contributed by atoms with Crippen LogP contribution in [-0.2, 0) is 6.54 Å². The molecule has 1 aliphatic heterocycles. The number of hydrogen-bond donors (Lipinski definition) is 2. The molecule has 0 radical (unpaired) electrons. The molecule has 2 nitrogen and oxygen atoms in total. The lowest BCUT2D eigenvalue weighted by Gasteiger charge is -2.11. The van der Waals surface area contributed by atoms with Gasteiger partial charge < -0.3 is 10.6 Å². The first-order valence-corrected chi connectivity index (χ1v) is 5.05. The summed E-state index contributed by atoms with van der Waals surface area (Å²) in [7, 11) is 0. The van der Waals surface area contributed by atoms with Gasteiger partial charge in [0.1, 0.15) is 19.1 Å². The second kappa shape index (κ2) is 3.90. The molecule has 1 fully saturated rings. The summed E-state index contributed by atoms with van der Waals surface area (Å²) in [4.78, 5) is 1.69. The second-order valence-electron chi connectivity index (χ2n) is 4.02. The molecule has 70 valence electrons. The molecule has 1 saturated heterocycles. The van der Waals surface area contributed by atoms with Gasteiger partial charge in [-0.3, -0.25) is 0 Å². The zero-order chi connectivity index (χ0) is 9.10. The first kappa shape index (κ1) is 8.73. The lowest BCUT2D eigenvalue weighted by molar-refractivity contribution is -0.905. The van der Waals surface area contributed by atoms with Gasteiger partial charge in [0, 0.05) is 5.56 Å². The highest BCUT2D eigenvalue weighted by Gasteiger charge is 2.25. The van der Waals surface area contributed by atoms with E-state index >= 15 is 0 Å². The molecule has 13 heavy (non-hydrogen) atoms. The Kier molecular flexibility index (Phi) is 2.62. The molecule has 1 aromatic carbocycles. The molecular weight excluding hydrogens is 160 g/mol. The Hall–Kier alpha value is -0.860. The minimum atomic E-state index is 0.679. The maximum Gasteiger partial charge on any atom is 0.139 e. The summed E-state index contributed by atoms with van der Waals surface area (Å²) < 4.78 is 0. The second-order valence-corrected chi connectivity index (χ2v) is 4.02. The number of likely N-dealkylation sites (tertiary alicyclic amines) is 1. The molecule has 2 heteroatoms. The Morgan fingerprint density at radius 2 is 2.08 bits per heavy atom. The van der Waals surface area contributed by atoms with Gasteiger partial charge in [-0.05, 0) is 0 Å². The number of nitrogens with one attached hydrogen (secondary N) is 1. The van der Waals surface area contributed by atoms with E-state index in [4.69, 9.17) is 0 Å². The van der Waals surface area contributed by atoms with Crippen LogP contribution in [0, 0.1) is 0 Å². The number of quaternary nitrogens is 2. The van der Waals surface area contributed by atoms with E-state index in [1.54, 1.807) is 4.90 Å². The maximum atomic E-state index is 4.11. The minimum absolute atomic E-state index is 0.679. The van der Waals surface area contributed by atoms with E-state index in [2.05, 4.69) is 36.1 Å². The van der Waals surface area contributed by atoms with Crippen LogP contribution >= 0.6 is 0 Å². The molecule has 0 amide bonds. The zero-order valence-electron chi connectivity index (χ0n) is 8.00. The summed E-state index contributed by atoms with van der Waals surface area (Å²) in [6.45, 7) is 3.71. The van der Waals surface area contributed by atoms with E-state index < -0.39 is 0 Å². The van der Waals surface area contributed by atoms with Crippen molar-refractivity contribution in [2.24, 2.45) is 0 Å². The number of rotatable bonds is 2. The van der Waals surface area contributed by atoms with E-state index in [1.165, 1.54) is 31.6 Å². The normalized spacial score (nSPS) is 27.8. The highest BCUT2D eigenvalue weighted by atomic mass is 15.2. The van der Waals surface area contributed by atoms with Gasteiger partial charge in [-0.2, -0.15) is 0 Å². The molecule has 1 aliphatic rings. The van der Waals surface area contributed by atoms with Gasteiger partial charge in [0.05, 0.1) is 13.0 Å². The number of hydrogen-bond acceptors (Lipinski definition) is 0. The van der Waals surface area contributed by atoms with Crippen molar-refractivity contribution in [1.29, 1.82) is 0 Å². The zero-order valence-corrected chi connectivity index (χ0v) is 8.00. The van der Waals surface area contributed by atoms with Crippen molar-refractivity contribution in [2.45, 2.75) is 19.0 Å². The van der Waals surface area contributed by atoms with Crippen molar-refractivity contribution in [3.05, 3.63) is 35.9 Å². The molecule has 4 N–H and O–H groups in total. The van der Waals surface area contributed by atoms with E-state index in [0.717, 1.165) is 0 Å². The molecule has 1 heterocycles. The van der Waals surface area contributed by atoms with Crippen LogP contribution < -0.4 is 10.6 Å². The third kappa shape index (κ3) is 2.29. The first-order chi connectivity index (χ1) is 6.34. The average Bonchev–Trinajstić information content (AvgIpc) is 2.53. The Balaban J connectivity index is 1.92. The molecule has 0 bridgehead atoms. The van der Waals surface area contributed by atoms with Crippen molar-refractivity contribution >= 4 is 0 Å². The maximum absolute atomic E-state index is 4.11. The SMILES string of the molecule is [NH3+]C1CC[NH+](Cc2ccccc2)C1. The van der Waals surface area contributed by atoms with Gasteiger partial charge in [-0.15, -0.1) is 0 Å². The fraction of sp³-hybridized carbons (Fsp3) is 0.455. The van der Waals surface area contributed by atoms with Crippen LogP contribution in [0.3, 0.4) is 0 Å². The smallest absolute Gasteiger partial charge is 0.139 e. The number of benzene rings is 1. The first-order valence-electron chi connectivity index (χ1n) is 5.05. The molecule has 0 aliphatic carbocycles. The lowest BCUT2D eigenvalue weighted by atomic mass is 10.2. The quantitative estimate of drug-likeness (QED) is 0.587. The van der Waals surface area contributed by atoms with Crippen molar-refractivity contribution in [1.82, 2.24) is 0 Å². The van der Waals surface area contributed by atoms with Gasteiger partial charge >= 0.3 is 0 Å². The summed E-state index contributed by atoms with van der Waals surface area (Å²) in [5.41, 5.74) is 5.56. The Morgan fingerprint density at radius 1 is 1.31 bits per heavy atom. The predicted octanol–water partition coefficient (Wildman–Crippen LogP) is -0.914. The summed E-state index contributed by atoms with van der Waals surface area (Å²) >= 11 is 0. The molecule has 0 aromatic heterocycles. The molecule has 1 aromatic rings. The van der Waals surface area contributed by atoms with E-state index in [9.17, 15) is 0 Å². The summed E-state index contributed by atoms with van der Waals surface area (Å²) in [6, 6.07) is 11.4. The summed E-state index contributed by atoms with van der Waals surface area (Å²) in [5, 5.41) is 0. The van der Waals surface area contributed by atoms with Crippen LogP contribution in [0.25, 0.3) is 0 Å². The van der Waals surface area contributed by atoms with Crippen LogP contribution in [0.2, 0.25) is 0 Å². The third-order valence-corrected chi connectivity index (χ3v) is 2.78. The van der Waals surface area contributed by atoms with Crippen LogP contribution in [0.15, 0.2) is 30.3 Å². The van der Waals surface area contributed by atoms with Crippen LogP contribution in [0.1, 0.15) is 12.0 Å². The van der Waals surface area contributed by atoms with Gasteiger partial charge in [-0.25, -0.2) is 0 Å².